The molecule has 1 N–H and O–H groups in total. The molecule has 0 aliphatic carbocycles. The molecule has 8 nitrogen and oxygen atoms in total. The third-order valence-electron chi connectivity index (χ3n) is 6.59. The van der Waals surface area contributed by atoms with Crippen molar-refractivity contribution < 1.29 is 27.4 Å². The molecule has 2 unspecified atom stereocenters. The largest absolute Gasteiger partial charge is 0.491 e. The van der Waals surface area contributed by atoms with Gasteiger partial charge in [-0.1, -0.05) is 0 Å². The first kappa shape index (κ1) is 22.8. The fourth-order valence-corrected chi connectivity index (χ4v) is 7.24. The van der Waals surface area contributed by atoms with Crippen LogP contribution in [-0.4, -0.2) is 51.8 Å². The number of halogens is 1. The quantitative estimate of drug-likeness (QED) is 0.545. The normalized spacial score (nSPS) is 22.6. The molecular formula is C24H26FN3O5S. The third-order valence-corrected chi connectivity index (χ3v) is 8.58. The SMILES string of the molecule is CC(C)Oc1ccc(S(=O)(=O)N2C3CCC2[C@H](n2nc(CC(=O)O)c4ccc(F)cc42)C3)cc1. The number of hydrogen-bond donors (Lipinski definition) is 1. The average Bonchev–Trinajstić information content (AvgIpc) is 3.45. The van der Waals surface area contributed by atoms with Crippen molar-refractivity contribution in [3.8, 4) is 5.75 Å². The van der Waals surface area contributed by atoms with Crippen LogP contribution in [0.3, 0.4) is 0 Å². The lowest BCUT2D eigenvalue weighted by Crippen LogP contribution is -2.37. The third kappa shape index (κ3) is 3.84. The summed E-state index contributed by atoms with van der Waals surface area (Å²) in [5, 5.41) is 14.4. The van der Waals surface area contributed by atoms with Crippen LogP contribution in [0.25, 0.3) is 10.9 Å². The lowest BCUT2D eigenvalue weighted by molar-refractivity contribution is -0.136. The molecule has 0 radical (unpaired) electrons. The Bertz CT molecular complexity index is 1350. The molecule has 2 aliphatic heterocycles. The maximum absolute atomic E-state index is 14.1. The van der Waals surface area contributed by atoms with E-state index in [1.807, 2.05) is 13.8 Å². The minimum atomic E-state index is -3.77. The van der Waals surface area contributed by atoms with Crippen LogP contribution in [0.1, 0.15) is 44.8 Å². The van der Waals surface area contributed by atoms with Crippen LogP contribution in [0.15, 0.2) is 47.4 Å². The monoisotopic (exact) mass is 487 g/mol. The van der Waals surface area contributed by atoms with Gasteiger partial charge in [-0.05, 0) is 75.6 Å². The number of benzene rings is 2. The van der Waals surface area contributed by atoms with Crippen LogP contribution < -0.4 is 4.74 Å². The Morgan fingerprint density at radius 2 is 1.91 bits per heavy atom. The molecule has 180 valence electrons. The first-order valence-corrected chi connectivity index (χ1v) is 12.8. The summed E-state index contributed by atoms with van der Waals surface area (Å²) in [4.78, 5) is 11.5. The summed E-state index contributed by atoms with van der Waals surface area (Å²) in [5.74, 6) is -0.878. The van der Waals surface area contributed by atoms with Crippen molar-refractivity contribution in [1.29, 1.82) is 0 Å². The summed E-state index contributed by atoms with van der Waals surface area (Å²) in [5.41, 5.74) is 0.835. The molecule has 3 aromatic rings. The van der Waals surface area contributed by atoms with Crippen molar-refractivity contribution in [3.05, 3.63) is 54.0 Å². The van der Waals surface area contributed by atoms with Gasteiger partial charge < -0.3 is 9.84 Å². The highest BCUT2D eigenvalue weighted by Gasteiger charge is 2.53. The van der Waals surface area contributed by atoms with E-state index in [0.717, 1.165) is 6.42 Å². The lowest BCUT2D eigenvalue weighted by atomic mass is 9.95. The van der Waals surface area contributed by atoms with Gasteiger partial charge in [0.25, 0.3) is 0 Å². The highest BCUT2D eigenvalue weighted by molar-refractivity contribution is 7.89. The topological polar surface area (TPSA) is 102 Å². The Hall–Kier alpha value is -2.98. The van der Waals surface area contributed by atoms with E-state index in [9.17, 15) is 22.7 Å². The highest BCUT2D eigenvalue weighted by atomic mass is 32.2. The van der Waals surface area contributed by atoms with Crippen LogP contribution in [-0.2, 0) is 21.2 Å². The predicted octanol–water partition coefficient (Wildman–Crippen LogP) is 3.76. The predicted molar refractivity (Wildman–Crippen MR) is 123 cm³/mol. The van der Waals surface area contributed by atoms with Gasteiger partial charge in [-0.25, -0.2) is 12.8 Å². The summed E-state index contributed by atoms with van der Waals surface area (Å²) in [6.07, 6.45) is 1.64. The number of nitrogens with zero attached hydrogens (tertiary/aromatic N) is 3. The summed E-state index contributed by atoms with van der Waals surface area (Å²) in [6, 6.07) is 9.75. The van der Waals surface area contributed by atoms with E-state index < -0.39 is 21.8 Å². The standard InChI is InChI=1S/C24H26FN3O5S/c1-14(2)33-17-5-7-18(8-6-17)34(31,32)28-16-4-10-21(28)23(12-16)27-22-11-15(25)3-9-19(22)20(26-27)13-24(29)30/h3,5-9,11,14,16,21,23H,4,10,12-13H2,1-2H3,(H,29,30)/t16?,21?,23-/m1/s1. The number of sulfonamides is 1. The van der Waals surface area contributed by atoms with Crippen molar-refractivity contribution in [3.63, 3.8) is 0 Å². The lowest BCUT2D eigenvalue weighted by Gasteiger charge is -2.25. The number of carboxylic acid groups (broad SMARTS) is 1. The molecule has 5 rings (SSSR count). The van der Waals surface area contributed by atoms with Crippen LogP contribution in [0, 0.1) is 5.82 Å². The van der Waals surface area contributed by atoms with Crippen LogP contribution >= 0.6 is 0 Å². The first-order valence-electron chi connectivity index (χ1n) is 11.3. The molecule has 3 heterocycles. The second-order valence-electron chi connectivity index (χ2n) is 9.20. The van der Waals surface area contributed by atoms with Gasteiger partial charge >= 0.3 is 5.97 Å². The molecule has 0 saturated carbocycles. The van der Waals surface area contributed by atoms with E-state index in [1.54, 1.807) is 33.3 Å². The van der Waals surface area contributed by atoms with E-state index in [2.05, 4.69) is 5.10 Å². The zero-order valence-corrected chi connectivity index (χ0v) is 19.7. The smallest absolute Gasteiger partial charge is 0.309 e. The van der Waals surface area contributed by atoms with Gasteiger partial charge in [0.15, 0.2) is 0 Å². The summed E-state index contributed by atoms with van der Waals surface area (Å²) < 4.78 is 50.1. The van der Waals surface area contributed by atoms with E-state index in [4.69, 9.17) is 4.74 Å². The molecular weight excluding hydrogens is 461 g/mol. The van der Waals surface area contributed by atoms with Crippen molar-refractivity contribution in [1.82, 2.24) is 14.1 Å². The number of aromatic nitrogens is 2. The number of aliphatic carboxylic acids is 1. The van der Waals surface area contributed by atoms with Gasteiger partial charge in [0.2, 0.25) is 10.0 Å². The number of ether oxygens (including phenoxy) is 1. The zero-order valence-electron chi connectivity index (χ0n) is 18.9. The van der Waals surface area contributed by atoms with Crippen molar-refractivity contribution in [2.24, 2.45) is 0 Å². The van der Waals surface area contributed by atoms with Gasteiger partial charge in [-0.15, -0.1) is 0 Å². The van der Waals surface area contributed by atoms with Crippen LogP contribution in [0.4, 0.5) is 4.39 Å². The molecule has 2 bridgehead atoms. The fourth-order valence-electron chi connectivity index (χ4n) is 5.33. The molecule has 2 fully saturated rings. The maximum atomic E-state index is 14.1. The molecule has 2 aliphatic rings. The van der Waals surface area contributed by atoms with Crippen LogP contribution in [0.2, 0.25) is 0 Å². The maximum Gasteiger partial charge on any atom is 0.309 e. The fraction of sp³-hybridized carbons (Fsp3) is 0.417. The van der Waals surface area contributed by atoms with E-state index in [0.29, 0.717) is 35.2 Å². The summed E-state index contributed by atoms with van der Waals surface area (Å²) in [7, 11) is -3.77. The second kappa shape index (κ2) is 8.35. The number of hydrogen-bond acceptors (Lipinski definition) is 5. The molecule has 0 spiro atoms. The molecule has 2 aromatic carbocycles. The Kier molecular flexibility index (Phi) is 5.60. The number of fused-ring (bicyclic) bond motifs is 3. The van der Waals surface area contributed by atoms with Crippen molar-refractivity contribution in [2.75, 3.05) is 0 Å². The molecule has 0 amide bonds. The number of carboxylic acids is 1. The van der Waals surface area contributed by atoms with E-state index in [1.165, 1.54) is 18.2 Å². The van der Waals surface area contributed by atoms with Gasteiger partial charge in [-0.3, -0.25) is 9.48 Å². The highest BCUT2D eigenvalue weighted by Crippen LogP contribution is 2.48. The minimum Gasteiger partial charge on any atom is -0.491 e. The van der Waals surface area contributed by atoms with Crippen molar-refractivity contribution >= 4 is 26.9 Å². The Balaban J connectivity index is 1.49. The van der Waals surface area contributed by atoms with E-state index in [-0.39, 0.29) is 35.5 Å². The molecule has 34 heavy (non-hydrogen) atoms. The second-order valence-corrected chi connectivity index (χ2v) is 11.0. The minimum absolute atomic E-state index is 0.0163. The Morgan fingerprint density at radius 1 is 1.18 bits per heavy atom. The Morgan fingerprint density at radius 3 is 2.59 bits per heavy atom. The first-order chi connectivity index (χ1) is 16.1. The molecule has 1 aromatic heterocycles. The van der Waals surface area contributed by atoms with E-state index >= 15 is 0 Å². The Labute approximate surface area is 197 Å². The van der Waals surface area contributed by atoms with Gasteiger partial charge in [0, 0.05) is 17.5 Å². The van der Waals surface area contributed by atoms with Gasteiger partial charge in [0.05, 0.1) is 34.7 Å². The summed E-state index contributed by atoms with van der Waals surface area (Å²) in [6.45, 7) is 3.80. The number of carbonyl (C=O) groups is 1. The molecule has 2 saturated heterocycles. The zero-order chi connectivity index (χ0) is 24.2. The van der Waals surface area contributed by atoms with Crippen molar-refractivity contribution in [2.45, 2.75) is 68.7 Å². The average molecular weight is 488 g/mol. The van der Waals surface area contributed by atoms with Gasteiger partial charge in [0.1, 0.15) is 11.6 Å². The summed E-state index contributed by atoms with van der Waals surface area (Å²) >= 11 is 0. The molecule has 3 atom stereocenters. The van der Waals surface area contributed by atoms with Gasteiger partial charge in [-0.2, -0.15) is 9.40 Å². The van der Waals surface area contributed by atoms with Crippen LogP contribution in [0.5, 0.6) is 5.75 Å². The number of rotatable bonds is 7. The molecule has 10 heteroatoms.